The Morgan fingerprint density at radius 1 is 1.39 bits per heavy atom. The molecule has 1 atom stereocenters. The third-order valence-electron chi connectivity index (χ3n) is 2.61. The molecule has 0 bridgehead atoms. The molecule has 0 heterocycles. The lowest BCUT2D eigenvalue weighted by molar-refractivity contribution is -0.118. The maximum Gasteiger partial charge on any atom is 0.230 e. The zero-order valence-corrected chi connectivity index (χ0v) is 11.6. The maximum absolute atomic E-state index is 11.5. The second-order valence-electron chi connectivity index (χ2n) is 4.22. The van der Waals surface area contributed by atoms with Crippen LogP contribution in [0.2, 0.25) is 0 Å². The third kappa shape index (κ3) is 6.67. The molecule has 0 spiro atoms. The van der Waals surface area contributed by atoms with E-state index in [1.54, 1.807) is 11.8 Å². The minimum Gasteiger partial charge on any atom is -0.396 e. The topological polar surface area (TPSA) is 49.3 Å². The molecule has 0 radical (unpaired) electrons. The lowest BCUT2D eigenvalue weighted by atomic mass is 10.1. The van der Waals surface area contributed by atoms with Crippen molar-refractivity contribution in [3.8, 4) is 0 Å². The Hall–Kier alpha value is -1.00. The van der Waals surface area contributed by atoms with Crippen LogP contribution in [-0.2, 0) is 11.2 Å². The van der Waals surface area contributed by atoms with Crippen LogP contribution in [0.5, 0.6) is 0 Å². The van der Waals surface area contributed by atoms with E-state index in [4.69, 9.17) is 5.11 Å². The zero-order chi connectivity index (χ0) is 13.2. The fraction of sp³-hybridized carbons (Fsp3) is 0.500. The van der Waals surface area contributed by atoms with Gasteiger partial charge >= 0.3 is 0 Å². The van der Waals surface area contributed by atoms with Crippen molar-refractivity contribution < 1.29 is 9.90 Å². The van der Waals surface area contributed by atoms with Gasteiger partial charge in [-0.1, -0.05) is 37.3 Å². The van der Waals surface area contributed by atoms with Gasteiger partial charge in [0.2, 0.25) is 5.91 Å². The van der Waals surface area contributed by atoms with Crippen molar-refractivity contribution in [2.75, 3.05) is 18.9 Å². The molecule has 0 saturated heterocycles. The van der Waals surface area contributed by atoms with Crippen LogP contribution >= 0.6 is 11.8 Å². The van der Waals surface area contributed by atoms with Gasteiger partial charge in [0.15, 0.2) is 0 Å². The van der Waals surface area contributed by atoms with Gasteiger partial charge in [0.1, 0.15) is 0 Å². The number of hydrogen-bond acceptors (Lipinski definition) is 3. The van der Waals surface area contributed by atoms with Crippen LogP contribution in [0.4, 0.5) is 0 Å². The Balaban J connectivity index is 2.10. The van der Waals surface area contributed by atoms with Crippen molar-refractivity contribution >= 4 is 17.7 Å². The molecule has 4 heteroatoms. The molecule has 0 aromatic heterocycles. The van der Waals surface area contributed by atoms with E-state index < -0.39 is 0 Å². The number of thioether (sulfide) groups is 1. The molecule has 3 nitrogen and oxygen atoms in total. The SMILES string of the molecule is CC(CCO)SCC(=O)NCCc1ccccc1. The summed E-state index contributed by atoms with van der Waals surface area (Å²) in [6.45, 7) is 2.89. The van der Waals surface area contributed by atoms with Crippen LogP contribution < -0.4 is 5.32 Å². The molecule has 1 unspecified atom stereocenters. The van der Waals surface area contributed by atoms with Crippen molar-refractivity contribution in [2.45, 2.75) is 25.0 Å². The normalized spacial score (nSPS) is 12.1. The first-order chi connectivity index (χ1) is 8.72. The van der Waals surface area contributed by atoms with E-state index in [1.807, 2.05) is 25.1 Å². The number of hydrogen-bond donors (Lipinski definition) is 2. The van der Waals surface area contributed by atoms with E-state index in [-0.39, 0.29) is 12.5 Å². The van der Waals surface area contributed by atoms with Crippen LogP contribution in [0.1, 0.15) is 18.9 Å². The first-order valence-corrected chi connectivity index (χ1v) is 7.30. The molecule has 100 valence electrons. The summed E-state index contributed by atoms with van der Waals surface area (Å²) in [5, 5.41) is 12.0. The number of benzene rings is 1. The van der Waals surface area contributed by atoms with Gasteiger partial charge in [-0.15, -0.1) is 11.8 Å². The highest BCUT2D eigenvalue weighted by atomic mass is 32.2. The molecule has 1 aromatic carbocycles. The van der Waals surface area contributed by atoms with Crippen LogP contribution in [0.25, 0.3) is 0 Å². The quantitative estimate of drug-likeness (QED) is 0.756. The summed E-state index contributed by atoms with van der Waals surface area (Å²) in [6, 6.07) is 10.1. The molecule has 0 aliphatic heterocycles. The average molecular weight is 267 g/mol. The number of carbonyl (C=O) groups is 1. The second-order valence-corrected chi connectivity index (χ2v) is 5.65. The highest BCUT2D eigenvalue weighted by Crippen LogP contribution is 2.12. The Bertz CT molecular complexity index is 343. The highest BCUT2D eigenvalue weighted by molar-refractivity contribution is 8.00. The van der Waals surface area contributed by atoms with Gasteiger partial charge in [-0.25, -0.2) is 0 Å². The standard InChI is InChI=1S/C14H21NO2S/c1-12(8-10-16)18-11-14(17)15-9-7-13-5-3-2-4-6-13/h2-6,12,16H,7-11H2,1H3,(H,15,17). The largest absolute Gasteiger partial charge is 0.396 e. The number of nitrogens with one attached hydrogen (secondary N) is 1. The van der Waals surface area contributed by atoms with Gasteiger partial charge in [-0.2, -0.15) is 0 Å². The summed E-state index contributed by atoms with van der Waals surface area (Å²) in [6.07, 6.45) is 1.60. The Kier molecular flexibility index (Phi) is 7.53. The first-order valence-electron chi connectivity index (χ1n) is 6.25. The van der Waals surface area contributed by atoms with Gasteiger partial charge in [0.05, 0.1) is 5.75 Å². The summed E-state index contributed by atoms with van der Waals surface area (Å²) in [5.41, 5.74) is 1.24. The van der Waals surface area contributed by atoms with Crippen molar-refractivity contribution in [3.05, 3.63) is 35.9 Å². The van der Waals surface area contributed by atoms with E-state index >= 15 is 0 Å². The lowest BCUT2D eigenvalue weighted by Gasteiger charge is -2.09. The minimum atomic E-state index is 0.0701. The van der Waals surface area contributed by atoms with Gasteiger partial charge in [-0.05, 0) is 18.4 Å². The number of rotatable bonds is 8. The maximum atomic E-state index is 11.5. The Morgan fingerprint density at radius 3 is 2.78 bits per heavy atom. The smallest absolute Gasteiger partial charge is 0.230 e. The summed E-state index contributed by atoms with van der Waals surface area (Å²) in [4.78, 5) is 11.5. The summed E-state index contributed by atoms with van der Waals surface area (Å²) in [7, 11) is 0. The van der Waals surface area contributed by atoms with Gasteiger partial charge < -0.3 is 10.4 Å². The fourth-order valence-electron chi connectivity index (χ4n) is 1.53. The highest BCUT2D eigenvalue weighted by Gasteiger charge is 2.06. The number of aliphatic hydroxyl groups is 1. The minimum absolute atomic E-state index is 0.0701. The Labute approximate surface area is 113 Å². The molecule has 18 heavy (non-hydrogen) atoms. The molecule has 0 saturated carbocycles. The van der Waals surface area contributed by atoms with E-state index in [2.05, 4.69) is 17.4 Å². The second kappa shape index (κ2) is 9.00. The number of carbonyl (C=O) groups excluding carboxylic acids is 1. The van der Waals surface area contributed by atoms with Crippen molar-refractivity contribution in [1.82, 2.24) is 5.32 Å². The molecule has 1 rings (SSSR count). The van der Waals surface area contributed by atoms with E-state index in [0.29, 0.717) is 17.5 Å². The monoisotopic (exact) mass is 267 g/mol. The average Bonchev–Trinajstić information content (AvgIpc) is 2.38. The van der Waals surface area contributed by atoms with Crippen LogP contribution in [0.15, 0.2) is 30.3 Å². The summed E-state index contributed by atoms with van der Waals surface area (Å²) >= 11 is 1.58. The molecular weight excluding hydrogens is 246 g/mol. The molecule has 1 amide bonds. The lowest BCUT2D eigenvalue weighted by Crippen LogP contribution is -2.28. The van der Waals surface area contributed by atoms with Crippen molar-refractivity contribution in [1.29, 1.82) is 0 Å². The number of aliphatic hydroxyl groups excluding tert-OH is 1. The molecule has 2 N–H and O–H groups in total. The summed E-state index contributed by atoms with van der Waals surface area (Å²) < 4.78 is 0. The predicted molar refractivity (Wildman–Crippen MR) is 76.8 cm³/mol. The molecule has 0 aliphatic rings. The van der Waals surface area contributed by atoms with Gasteiger partial charge in [-0.3, -0.25) is 4.79 Å². The molecule has 1 aromatic rings. The third-order valence-corrected chi connectivity index (χ3v) is 3.85. The number of amides is 1. The van der Waals surface area contributed by atoms with Crippen LogP contribution in [0.3, 0.4) is 0 Å². The van der Waals surface area contributed by atoms with E-state index in [9.17, 15) is 4.79 Å². The van der Waals surface area contributed by atoms with Gasteiger partial charge in [0.25, 0.3) is 0 Å². The first kappa shape index (κ1) is 15.1. The van der Waals surface area contributed by atoms with Crippen LogP contribution in [0, 0.1) is 0 Å². The van der Waals surface area contributed by atoms with E-state index in [0.717, 1.165) is 12.8 Å². The zero-order valence-electron chi connectivity index (χ0n) is 10.8. The van der Waals surface area contributed by atoms with E-state index in [1.165, 1.54) is 5.56 Å². The molecular formula is C14H21NO2S. The fourth-order valence-corrected chi connectivity index (χ4v) is 2.34. The van der Waals surface area contributed by atoms with Crippen LogP contribution in [-0.4, -0.2) is 35.2 Å². The molecule has 0 fully saturated rings. The van der Waals surface area contributed by atoms with Gasteiger partial charge in [0, 0.05) is 18.4 Å². The summed E-state index contributed by atoms with van der Waals surface area (Å²) in [5.74, 6) is 0.538. The van der Waals surface area contributed by atoms with Crippen molar-refractivity contribution in [3.63, 3.8) is 0 Å². The Morgan fingerprint density at radius 2 is 2.11 bits per heavy atom. The van der Waals surface area contributed by atoms with Crippen molar-refractivity contribution in [2.24, 2.45) is 0 Å². The molecule has 0 aliphatic carbocycles. The predicted octanol–water partition coefficient (Wildman–Crippen LogP) is 1.85.